The Labute approximate surface area is 144 Å². The van der Waals surface area contributed by atoms with Crippen LogP contribution in [0.15, 0.2) is 48.5 Å². The number of hydrogen-bond acceptors (Lipinski definition) is 4. The van der Waals surface area contributed by atoms with Gasteiger partial charge in [0, 0.05) is 23.5 Å². The number of anilines is 2. The Morgan fingerprint density at radius 1 is 1.24 bits per heavy atom. The number of rotatable bonds is 4. The first-order chi connectivity index (χ1) is 12.0. The van der Waals surface area contributed by atoms with Gasteiger partial charge in [-0.05, 0) is 55.8 Å². The van der Waals surface area contributed by atoms with Crippen LogP contribution in [0, 0.1) is 5.82 Å². The van der Waals surface area contributed by atoms with Crippen LogP contribution >= 0.6 is 0 Å². The van der Waals surface area contributed by atoms with E-state index in [4.69, 9.17) is 5.21 Å². The Hall–Kier alpha value is -2.93. The molecule has 2 amide bonds. The third-order valence-corrected chi connectivity index (χ3v) is 4.44. The van der Waals surface area contributed by atoms with Gasteiger partial charge in [-0.1, -0.05) is 6.07 Å². The summed E-state index contributed by atoms with van der Waals surface area (Å²) in [5, 5.41) is 11.5. The predicted molar refractivity (Wildman–Crippen MR) is 90.3 cm³/mol. The minimum atomic E-state index is -0.880. The Bertz CT molecular complexity index is 809. The second-order valence-electron chi connectivity index (χ2n) is 6.08. The molecule has 3 N–H and O–H groups in total. The summed E-state index contributed by atoms with van der Waals surface area (Å²) in [4.78, 5) is 25.7. The van der Waals surface area contributed by atoms with E-state index in [-0.39, 0.29) is 11.5 Å². The van der Waals surface area contributed by atoms with Gasteiger partial charge in [0.05, 0.1) is 0 Å². The molecule has 130 valence electrons. The Morgan fingerprint density at radius 3 is 2.52 bits per heavy atom. The second-order valence-corrected chi connectivity index (χ2v) is 6.08. The molecule has 2 aromatic carbocycles. The minimum absolute atomic E-state index is 0.145. The van der Waals surface area contributed by atoms with E-state index < -0.39 is 17.3 Å². The fourth-order valence-corrected chi connectivity index (χ4v) is 3.10. The summed E-state index contributed by atoms with van der Waals surface area (Å²) in [7, 11) is 0. The topological polar surface area (TPSA) is 81.7 Å². The molecule has 1 saturated heterocycles. The molecule has 3 rings (SSSR count). The standard InChI is InChI=1S/C18H18FN3O3/c1-18(9-10-20-17(18)24)22(15-4-2-3-13(19)11-15)14-7-5-12(6-8-14)16(23)21-25/h2-8,11,25H,9-10H2,1H3,(H,20,24)(H,21,23). The number of amides is 2. The number of hydroxylamine groups is 1. The molecule has 0 bridgehead atoms. The lowest BCUT2D eigenvalue weighted by molar-refractivity contribution is -0.123. The summed E-state index contributed by atoms with van der Waals surface area (Å²) in [5.41, 5.74) is 2.14. The van der Waals surface area contributed by atoms with Crippen LogP contribution in [0.5, 0.6) is 0 Å². The van der Waals surface area contributed by atoms with Gasteiger partial charge in [-0.15, -0.1) is 0 Å². The molecular formula is C18H18FN3O3. The summed E-state index contributed by atoms with van der Waals surface area (Å²) in [6.07, 6.45) is 0.557. The highest BCUT2D eigenvalue weighted by atomic mass is 19.1. The third kappa shape index (κ3) is 3.06. The van der Waals surface area contributed by atoms with Crippen LogP contribution < -0.4 is 15.7 Å². The van der Waals surface area contributed by atoms with Gasteiger partial charge in [0.2, 0.25) is 5.91 Å². The van der Waals surface area contributed by atoms with Gasteiger partial charge in [-0.2, -0.15) is 0 Å². The second kappa shape index (κ2) is 6.52. The highest BCUT2D eigenvalue weighted by Crippen LogP contribution is 2.37. The van der Waals surface area contributed by atoms with E-state index in [0.717, 1.165) is 0 Å². The molecule has 1 aliphatic rings. The maximum atomic E-state index is 13.8. The zero-order chi connectivity index (χ0) is 18.0. The molecule has 1 aliphatic heterocycles. The molecule has 2 aromatic rings. The maximum absolute atomic E-state index is 13.8. The first kappa shape index (κ1) is 16.9. The summed E-state index contributed by atoms with van der Waals surface area (Å²) in [6, 6.07) is 12.4. The van der Waals surface area contributed by atoms with Crippen LogP contribution in [0.25, 0.3) is 0 Å². The molecule has 0 aliphatic carbocycles. The molecule has 1 unspecified atom stereocenters. The van der Waals surface area contributed by atoms with E-state index in [1.54, 1.807) is 41.6 Å². The number of benzene rings is 2. The maximum Gasteiger partial charge on any atom is 0.274 e. The molecule has 0 spiro atoms. The van der Waals surface area contributed by atoms with Crippen LogP contribution in [-0.4, -0.2) is 29.1 Å². The van der Waals surface area contributed by atoms with E-state index in [0.29, 0.717) is 24.3 Å². The average Bonchev–Trinajstić information content (AvgIpc) is 2.94. The van der Waals surface area contributed by atoms with Crippen molar-refractivity contribution in [3.63, 3.8) is 0 Å². The zero-order valence-electron chi connectivity index (χ0n) is 13.6. The molecule has 0 radical (unpaired) electrons. The van der Waals surface area contributed by atoms with Crippen molar-refractivity contribution in [1.82, 2.24) is 10.8 Å². The van der Waals surface area contributed by atoms with Gasteiger partial charge < -0.3 is 10.2 Å². The molecule has 7 heteroatoms. The van der Waals surface area contributed by atoms with Gasteiger partial charge in [0.1, 0.15) is 11.4 Å². The van der Waals surface area contributed by atoms with Gasteiger partial charge >= 0.3 is 0 Å². The number of hydrogen-bond donors (Lipinski definition) is 3. The van der Waals surface area contributed by atoms with Crippen molar-refractivity contribution in [3.05, 3.63) is 59.9 Å². The Kier molecular flexibility index (Phi) is 4.41. The quantitative estimate of drug-likeness (QED) is 0.588. The lowest BCUT2D eigenvalue weighted by Gasteiger charge is -2.38. The van der Waals surface area contributed by atoms with E-state index in [1.807, 2.05) is 0 Å². The SMILES string of the molecule is CC1(N(c2ccc(C(=O)NO)cc2)c2cccc(F)c2)CCNC1=O. The number of nitrogens with one attached hydrogen (secondary N) is 2. The van der Waals surface area contributed by atoms with E-state index in [9.17, 15) is 14.0 Å². The highest BCUT2D eigenvalue weighted by molar-refractivity contribution is 5.96. The minimum Gasteiger partial charge on any atom is -0.354 e. The van der Waals surface area contributed by atoms with Gasteiger partial charge in [-0.25, -0.2) is 9.87 Å². The van der Waals surface area contributed by atoms with Gasteiger partial charge in [0.15, 0.2) is 0 Å². The number of nitrogens with zero attached hydrogens (tertiary/aromatic N) is 1. The van der Waals surface area contributed by atoms with Crippen molar-refractivity contribution < 1.29 is 19.2 Å². The molecule has 0 aromatic heterocycles. The van der Waals surface area contributed by atoms with Crippen LogP contribution in [-0.2, 0) is 4.79 Å². The Balaban J connectivity index is 2.08. The summed E-state index contributed by atoms with van der Waals surface area (Å²) in [6.45, 7) is 2.33. The lowest BCUT2D eigenvalue weighted by Crippen LogP contribution is -2.49. The smallest absolute Gasteiger partial charge is 0.274 e. The fraction of sp³-hybridized carbons (Fsp3) is 0.222. The molecule has 0 saturated carbocycles. The summed E-state index contributed by atoms with van der Waals surface area (Å²) in [5.74, 6) is -1.18. The van der Waals surface area contributed by atoms with Crippen molar-refractivity contribution >= 4 is 23.2 Å². The summed E-state index contributed by atoms with van der Waals surface area (Å²) >= 11 is 0. The van der Waals surface area contributed by atoms with Gasteiger partial charge in [-0.3, -0.25) is 14.8 Å². The van der Waals surface area contributed by atoms with Crippen molar-refractivity contribution in [3.8, 4) is 0 Å². The van der Waals surface area contributed by atoms with Crippen LogP contribution in [0.1, 0.15) is 23.7 Å². The lowest BCUT2D eigenvalue weighted by atomic mass is 9.95. The van der Waals surface area contributed by atoms with Crippen molar-refractivity contribution in [2.24, 2.45) is 0 Å². The number of carbonyl (C=O) groups is 2. The monoisotopic (exact) mass is 343 g/mol. The average molecular weight is 343 g/mol. The van der Waals surface area contributed by atoms with Crippen LogP contribution in [0.3, 0.4) is 0 Å². The number of carbonyl (C=O) groups excluding carboxylic acids is 2. The summed E-state index contributed by atoms with van der Waals surface area (Å²) < 4.78 is 13.8. The normalized spacial score (nSPS) is 19.4. The largest absolute Gasteiger partial charge is 0.354 e. The highest BCUT2D eigenvalue weighted by Gasteiger charge is 2.44. The molecule has 1 atom stereocenters. The molecule has 6 nitrogen and oxygen atoms in total. The first-order valence-corrected chi connectivity index (χ1v) is 7.84. The zero-order valence-corrected chi connectivity index (χ0v) is 13.6. The van der Waals surface area contributed by atoms with E-state index >= 15 is 0 Å². The van der Waals surface area contributed by atoms with Crippen molar-refractivity contribution in [2.45, 2.75) is 18.9 Å². The molecule has 25 heavy (non-hydrogen) atoms. The molecular weight excluding hydrogens is 325 g/mol. The van der Waals surface area contributed by atoms with E-state index in [1.165, 1.54) is 24.3 Å². The molecule has 1 heterocycles. The Morgan fingerprint density at radius 2 is 1.96 bits per heavy atom. The van der Waals surface area contributed by atoms with Gasteiger partial charge in [0.25, 0.3) is 5.91 Å². The number of halogens is 1. The van der Waals surface area contributed by atoms with E-state index in [2.05, 4.69) is 5.32 Å². The third-order valence-electron chi connectivity index (χ3n) is 4.44. The van der Waals surface area contributed by atoms with Crippen molar-refractivity contribution in [2.75, 3.05) is 11.4 Å². The predicted octanol–water partition coefficient (Wildman–Crippen LogP) is 2.36. The van der Waals surface area contributed by atoms with Crippen LogP contribution in [0.4, 0.5) is 15.8 Å². The van der Waals surface area contributed by atoms with Crippen molar-refractivity contribution in [1.29, 1.82) is 0 Å². The molecule has 1 fully saturated rings. The van der Waals surface area contributed by atoms with Crippen LogP contribution in [0.2, 0.25) is 0 Å². The fourth-order valence-electron chi connectivity index (χ4n) is 3.10. The first-order valence-electron chi connectivity index (χ1n) is 7.84.